The highest BCUT2D eigenvalue weighted by molar-refractivity contribution is 6.30. The van der Waals surface area contributed by atoms with Gasteiger partial charge in [-0.2, -0.15) is 0 Å². The highest BCUT2D eigenvalue weighted by Crippen LogP contribution is 2.22. The number of rotatable bonds is 1. The van der Waals surface area contributed by atoms with Gasteiger partial charge in [0.25, 0.3) is 0 Å². The lowest BCUT2D eigenvalue weighted by molar-refractivity contribution is 0.622. The third-order valence-corrected chi connectivity index (χ3v) is 2.09. The van der Waals surface area contributed by atoms with E-state index in [1.54, 1.807) is 6.07 Å². The molecule has 12 heavy (non-hydrogen) atoms. The summed E-state index contributed by atoms with van der Waals surface area (Å²) in [5.74, 6) is -0.408. The Morgan fingerprint density at radius 1 is 1.50 bits per heavy atom. The van der Waals surface area contributed by atoms with Crippen molar-refractivity contribution in [2.24, 2.45) is 5.73 Å². The number of benzene rings is 1. The van der Waals surface area contributed by atoms with Gasteiger partial charge in [0.2, 0.25) is 0 Å². The lowest BCUT2D eigenvalue weighted by Crippen LogP contribution is -2.07. The van der Waals surface area contributed by atoms with Gasteiger partial charge >= 0.3 is 0 Å². The first-order valence-electron chi connectivity index (χ1n) is 3.73. The largest absolute Gasteiger partial charge is 0.324 e. The first-order chi connectivity index (χ1) is 5.52. The van der Waals surface area contributed by atoms with Crippen LogP contribution in [0.1, 0.15) is 24.1 Å². The van der Waals surface area contributed by atoms with Crippen molar-refractivity contribution >= 4 is 11.6 Å². The maximum Gasteiger partial charge on any atom is 0.142 e. The molecule has 0 spiro atoms. The lowest BCUT2D eigenvalue weighted by Gasteiger charge is -2.09. The molecule has 0 radical (unpaired) electrons. The standard InChI is InChI=1S/C9H11ClFN/c1-5-3-8(10)9(11)4-7(5)6(2)12/h3-4,6H,12H2,1-2H3. The van der Waals surface area contributed by atoms with Gasteiger partial charge in [0.05, 0.1) is 5.02 Å². The number of hydrogen-bond donors (Lipinski definition) is 1. The van der Waals surface area contributed by atoms with Crippen molar-refractivity contribution in [2.45, 2.75) is 19.9 Å². The van der Waals surface area contributed by atoms with Crippen LogP contribution in [0.15, 0.2) is 12.1 Å². The van der Waals surface area contributed by atoms with Crippen LogP contribution in [0.2, 0.25) is 5.02 Å². The predicted octanol–water partition coefficient (Wildman–Crippen LogP) is 2.81. The minimum Gasteiger partial charge on any atom is -0.324 e. The van der Waals surface area contributed by atoms with E-state index in [-0.39, 0.29) is 11.1 Å². The third-order valence-electron chi connectivity index (χ3n) is 1.80. The molecule has 3 heteroatoms. The molecule has 0 aromatic heterocycles. The van der Waals surface area contributed by atoms with E-state index in [9.17, 15) is 4.39 Å². The van der Waals surface area contributed by atoms with Gasteiger partial charge in [-0.3, -0.25) is 0 Å². The zero-order valence-corrected chi connectivity index (χ0v) is 7.82. The summed E-state index contributed by atoms with van der Waals surface area (Å²) in [6.07, 6.45) is 0. The van der Waals surface area contributed by atoms with Gasteiger partial charge in [0.15, 0.2) is 0 Å². The molecule has 0 fully saturated rings. The molecule has 0 aliphatic carbocycles. The van der Waals surface area contributed by atoms with Crippen LogP contribution in [0.4, 0.5) is 4.39 Å². The highest BCUT2D eigenvalue weighted by Gasteiger charge is 2.08. The van der Waals surface area contributed by atoms with E-state index in [1.807, 2.05) is 13.8 Å². The molecule has 0 saturated heterocycles. The Hall–Kier alpha value is -0.600. The molecule has 0 bridgehead atoms. The average Bonchev–Trinajstić information content (AvgIpc) is 1.96. The maximum atomic E-state index is 12.9. The van der Waals surface area contributed by atoms with Gasteiger partial charge in [-0.25, -0.2) is 4.39 Å². The van der Waals surface area contributed by atoms with E-state index in [4.69, 9.17) is 17.3 Å². The van der Waals surface area contributed by atoms with E-state index in [0.29, 0.717) is 0 Å². The Morgan fingerprint density at radius 2 is 2.08 bits per heavy atom. The van der Waals surface area contributed by atoms with E-state index in [1.165, 1.54) is 6.07 Å². The minimum atomic E-state index is -0.408. The minimum absolute atomic E-state index is 0.150. The second-order valence-electron chi connectivity index (χ2n) is 2.91. The summed E-state index contributed by atoms with van der Waals surface area (Å²) < 4.78 is 12.9. The fourth-order valence-corrected chi connectivity index (χ4v) is 1.37. The van der Waals surface area contributed by atoms with Gasteiger partial charge in [-0.05, 0) is 37.1 Å². The van der Waals surface area contributed by atoms with Crippen LogP contribution in [0.25, 0.3) is 0 Å². The van der Waals surface area contributed by atoms with Crippen LogP contribution in [-0.2, 0) is 0 Å². The monoisotopic (exact) mass is 187 g/mol. The summed E-state index contributed by atoms with van der Waals surface area (Å²) in [6, 6.07) is 2.83. The summed E-state index contributed by atoms with van der Waals surface area (Å²) in [6.45, 7) is 3.68. The summed E-state index contributed by atoms with van der Waals surface area (Å²) >= 11 is 5.57. The van der Waals surface area contributed by atoms with E-state index in [2.05, 4.69) is 0 Å². The van der Waals surface area contributed by atoms with Crippen LogP contribution >= 0.6 is 11.6 Å². The molecule has 0 aliphatic heterocycles. The van der Waals surface area contributed by atoms with Crippen LogP contribution < -0.4 is 5.73 Å². The molecular weight excluding hydrogens is 177 g/mol. The Labute approximate surface area is 76.3 Å². The average molecular weight is 188 g/mol. The van der Waals surface area contributed by atoms with Crippen molar-refractivity contribution in [3.8, 4) is 0 Å². The Bertz CT molecular complexity index is 297. The smallest absolute Gasteiger partial charge is 0.142 e. The van der Waals surface area contributed by atoms with Crippen molar-refractivity contribution in [1.82, 2.24) is 0 Å². The zero-order valence-electron chi connectivity index (χ0n) is 7.07. The Morgan fingerprint density at radius 3 is 2.58 bits per heavy atom. The van der Waals surface area contributed by atoms with Crippen molar-refractivity contribution < 1.29 is 4.39 Å². The second kappa shape index (κ2) is 3.42. The molecular formula is C9H11ClFN. The first kappa shape index (κ1) is 9.49. The van der Waals surface area contributed by atoms with Crippen LogP contribution in [0.3, 0.4) is 0 Å². The molecule has 1 rings (SSSR count). The van der Waals surface area contributed by atoms with Gasteiger partial charge in [-0.15, -0.1) is 0 Å². The summed E-state index contributed by atoms with van der Waals surface area (Å²) in [4.78, 5) is 0. The van der Waals surface area contributed by atoms with E-state index in [0.717, 1.165) is 11.1 Å². The highest BCUT2D eigenvalue weighted by atomic mass is 35.5. The van der Waals surface area contributed by atoms with E-state index >= 15 is 0 Å². The number of aryl methyl sites for hydroxylation is 1. The molecule has 0 saturated carbocycles. The molecule has 1 nitrogen and oxygen atoms in total. The first-order valence-corrected chi connectivity index (χ1v) is 4.11. The molecule has 0 amide bonds. The van der Waals surface area contributed by atoms with Crippen LogP contribution in [0, 0.1) is 12.7 Å². The van der Waals surface area contributed by atoms with Crippen molar-refractivity contribution in [3.05, 3.63) is 34.1 Å². The van der Waals surface area contributed by atoms with Crippen LogP contribution in [-0.4, -0.2) is 0 Å². The quantitative estimate of drug-likeness (QED) is 0.719. The number of hydrogen-bond acceptors (Lipinski definition) is 1. The third kappa shape index (κ3) is 1.76. The number of nitrogens with two attached hydrogens (primary N) is 1. The van der Waals surface area contributed by atoms with Crippen LogP contribution in [0.5, 0.6) is 0 Å². The SMILES string of the molecule is Cc1cc(Cl)c(F)cc1C(C)N. The Kier molecular flexibility index (Phi) is 2.70. The Balaban J connectivity index is 3.23. The summed E-state index contributed by atoms with van der Waals surface area (Å²) in [5, 5.41) is 0.150. The second-order valence-corrected chi connectivity index (χ2v) is 3.32. The van der Waals surface area contributed by atoms with Crippen molar-refractivity contribution in [3.63, 3.8) is 0 Å². The van der Waals surface area contributed by atoms with E-state index < -0.39 is 5.82 Å². The molecule has 1 unspecified atom stereocenters. The van der Waals surface area contributed by atoms with Crippen molar-refractivity contribution in [2.75, 3.05) is 0 Å². The van der Waals surface area contributed by atoms with Gasteiger partial charge in [-0.1, -0.05) is 11.6 Å². The normalized spacial score (nSPS) is 13.1. The summed E-state index contributed by atoms with van der Waals surface area (Å²) in [5.41, 5.74) is 7.35. The predicted molar refractivity (Wildman–Crippen MR) is 48.7 cm³/mol. The fraction of sp³-hybridized carbons (Fsp3) is 0.333. The zero-order chi connectivity index (χ0) is 9.30. The molecule has 1 atom stereocenters. The molecule has 0 aliphatic rings. The molecule has 0 heterocycles. The molecule has 1 aromatic carbocycles. The molecule has 66 valence electrons. The van der Waals surface area contributed by atoms with Gasteiger partial charge < -0.3 is 5.73 Å². The fourth-order valence-electron chi connectivity index (χ4n) is 1.15. The topological polar surface area (TPSA) is 26.0 Å². The number of halogens is 2. The van der Waals surface area contributed by atoms with Crippen molar-refractivity contribution in [1.29, 1.82) is 0 Å². The summed E-state index contributed by atoms with van der Waals surface area (Å²) in [7, 11) is 0. The van der Waals surface area contributed by atoms with Gasteiger partial charge in [0.1, 0.15) is 5.82 Å². The molecule has 2 N–H and O–H groups in total. The maximum absolute atomic E-state index is 12.9. The van der Waals surface area contributed by atoms with Gasteiger partial charge in [0, 0.05) is 6.04 Å². The lowest BCUT2D eigenvalue weighted by atomic mass is 10.0. The molecule has 1 aromatic rings.